The number of carboxylic acids is 1. The Hall–Kier alpha value is -2.73. The van der Waals surface area contributed by atoms with Crippen LogP contribution < -0.4 is 20.6 Å². The number of thiazole rings is 1. The lowest BCUT2D eigenvalue weighted by Gasteiger charge is -2.50. The van der Waals surface area contributed by atoms with Crippen LogP contribution in [0.2, 0.25) is 0 Å². The Balaban J connectivity index is 1.32. The average Bonchev–Trinajstić information content (AvgIpc) is 3.62. The zero-order valence-electron chi connectivity index (χ0n) is 19.7. The van der Waals surface area contributed by atoms with E-state index in [4.69, 9.17) is 15.6 Å². The number of rotatable bonds is 8. The number of β-lactam (4-membered cyclic amide) rings is 1. The van der Waals surface area contributed by atoms with E-state index in [-0.39, 0.29) is 22.4 Å². The molecular weight excluding hydrogens is 561 g/mol. The molecule has 3 aliphatic heterocycles. The molecule has 0 unspecified atom stereocenters. The van der Waals surface area contributed by atoms with E-state index in [9.17, 15) is 19.5 Å². The van der Waals surface area contributed by atoms with Gasteiger partial charge < -0.3 is 25.8 Å². The summed E-state index contributed by atoms with van der Waals surface area (Å²) >= 11 is 4.92. The number of nitrogen functional groups attached to an aromatic ring is 1. The van der Waals surface area contributed by atoms with Crippen molar-refractivity contribution < 1.29 is 24.3 Å². The summed E-state index contributed by atoms with van der Waals surface area (Å²) in [5.41, 5.74) is 5.15. The zero-order valence-corrected chi connectivity index (χ0v) is 23.0. The topological polar surface area (TPSA) is 176 Å². The number of carbonyl (C=O) groups excluding carboxylic acids is 3. The van der Waals surface area contributed by atoms with E-state index in [1.54, 1.807) is 0 Å². The van der Waals surface area contributed by atoms with E-state index in [1.165, 1.54) is 42.0 Å². The van der Waals surface area contributed by atoms with Gasteiger partial charge in [0.1, 0.15) is 18.5 Å². The first-order valence-corrected chi connectivity index (χ1v) is 14.6. The van der Waals surface area contributed by atoms with Crippen LogP contribution >= 0.6 is 46.4 Å². The number of nitrogens with zero attached hydrogens (tertiary/aromatic N) is 6. The smallest absolute Gasteiger partial charge is 0.278 e. The summed E-state index contributed by atoms with van der Waals surface area (Å²) in [4.78, 5) is 53.0. The lowest BCUT2D eigenvalue weighted by Crippen LogP contribution is -2.71. The van der Waals surface area contributed by atoms with Gasteiger partial charge in [-0.2, -0.15) is 14.3 Å². The number of aromatic nitrogens is 3. The fourth-order valence-electron chi connectivity index (χ4n) is 4.39. The summed E-state index contributed by atoms with van der Waals surface area (Å²) in [7, 11) is 3.41. The number of aliphatic carboxylic acids is 1. The fraction of sp³-hybridized carbons (Fsp3) is 0.450. The number of anilines is 1. The quantitative estimate of drug-likeness (QED) is 0.183. The number of carbonyl (C=O) groups is 3. The molecule has 37 heavy (non-hydrogen) atoms. The van der Waals surface area contributed by atoms with Crippen molar-refractivity contribution in [2.75, 3.05) is 38.7 Å². The predicted octanol–water partition coefficient (Wildman–Crippen LogP) is -0.188. The summed E-state index contributed by atoms with van der Waals surface area (Å²) in [5, 5.41) is 19.9. The number of hydrogen-bond donors (Lipinski definition) is 2. The molecule has 3 N–H and O–H groups in total. The normalized spacial score (nSPS) is 23.0. The summed E-state index contributed by atoms with van der Waals surface area (Å²) in [6.45, 7) is 2.05. The van der Waals surface area contributed by atoms with Gasteiger partial charge in [-0.05, 0) is 0 Å². The van der Waals surface area contributed by atoms with Crippen molar-refractivity contribution >= 4 is 80.8 Å². The minimum atomic E-state index is -1.45. The molecule has 196 valence electrons. The van der Waals surface area contributed by atoms with Gasteiger partial charge in [0.2, 0.25) is 17.4 Å². The molecule has 3 aliphatic rings. The highest BCUT2D eigenvalue weighted by Crippen LogP contribution is 2.46. The van der Waals surface area contributed by atoms with Crippen molar-refractivity contribution in [3.8, 4) is 0 Å². The second-order valence-electron chi connectivity index (χ2n) is 8.62. The second-order valence-corrected chi connectivity index (χ2v) is 12.7. The number of amides is 2. The number of nitrogens with one attached hydrogen (secondary N) is 1. The van der Waals surface area contributed by atoms with Crippen LogP contribution in [0.25, 0.3) is 0 Å². The maximum atomic E-state index is 13.0. The third-order valence-electron chi connectivity index (χ3n) is 6.25. The number of oxime groups is 1. The molecule has 13 nitrogen and oxygen atoms in total. The van der Waals surface area contributed by atoms with Crippen LogP contribution in [-0.2, 0) is 19.2 Å². The molecule has 2 saturated heterocycles. The molecule has 2 fully saturated rings. The number of likely N-dealkylation sites (tertiary alicyclic amines) is 1. The van der Waals surface area contributed by atoms with E-state index < -0.39 is 29.2 Å². The molecule has 0 saturated carbocycles. The number of fused-ring (bicyclic) bond motifs is 1. The molecule has 0 aromatic carbocycles. The lowest BCUT2D eigenvalue weighted by molar-refractivity contribution is -0.301. The Labute approximate surface area is 227 Å². The van der Waals surface area contributed by atoms with E-state index >= 15 is 0 Å². The van der Waals surface area contributed by atoms with Gasteiger partial charge in [-0.3, -0.25) is 19.0 Å². The van der Waals surface area contributed by atoms with Gasteiger partial charge in [0.05, 0.1) is 37.2 Å². The molecule has 2 amide bonds. The average molecular weight is 583 g/mol. The molecular formula is C20H22N8O5S4. The van der Waals surface area contributed by atoms with Gasteiger partial charge in [-0.15, -0.1) is 23.1 Å². The Morgan fingerprint density at radius 2 is 2.11 bits per heavy atom. The summed E-state index contributed by atoms with van der Waals surface area (Å²) in [6.07, 6.45) is 2.30. The van der Waals surface area contributed by atoms with Gasteiger partial charge in [0.15, 0.2) is 9.47 Å². The molecule has 5 rings (SSSR count). The standard InChI is InChI=1S/C20H22N8O5S4/c1-28(5-3-4-6-28)10-8-35-20(22-10)36-9-7-34-17-12(16(30)27(17)13(9)18(31)32)23-15(29)11(25-33-2)14-24-19(21)37-26-14/h8,12,17H,3-7H2,1-2H3,(H3-,21,23,24,26,29,31,32)/b25-11-/t12-,17-/m1/s1. The SMILES string of the molecule is CO/N=C(\C(=O)N[C@@H]1C(=O)N2C(C(=O)[O-])=C(Sc3nc([N+]4(C)CCCC4)cs3)CS[C@H]12)c1nsc(N)n1. The van der Waals surface area contributed by atoms with Gasteiger partial charge >= 0.3 is 0 Å². The van der Waals surface area contributed by atoms with Crippen LogP contribution in [0.4, 0.5) is 10.9 Å². The first kappa shape index (κ1) is 25.9. The fourth-order valence-corrected chi connectivity index (χ4v) is 8.38. The van der Waals surface area contributed by atoms with Crippen molar-refractivity contribution in [1.82, 2.24) is 29.0 Å². The Morgan fingerprint density at radius 3 is 2.76 bits per heavy atom. The Bertz CT molecular complexity index is 1320. The van der Waals surface area contributed by atoms with Crippen LogP contribution in [-0.4, -0.2) is 87.2 Å². The maximum absolute atomic E-state index is 13.0. The highest BCUT2D eigenvalue weighted by atomic mass is 32.2. The van der Waals surface area contributed by atoms with Crippen molar-refractivity contribution in [2.45, 2.75) is 28.6 Å². The minimum absolute atomic E-state index is 0.0383. The van der Waals surface area contributed by atoms with Crippen molar-refractivity contribution in [3.63, 3.8) is 0 Å². The molecule has 17 heteroatoms. The van der Waals surface area contributed by atoms with Crippen molar-refractivity contribution in [1.29, 1.82) is 0 Å². The number of nitrogens with two attached hydrogens (primary N) is 1. The van der Waals surface area contributed by atoms with Crippen LogP contribution in [0.3, 0.4) is 0 Å². The number of thioether (sulfide) groups is 2. The monoisotopic (exact) mass is 582 g/mol. The first-order chi connectivity index (χ1) is 17.7. The summed E-state index contributed by atoms with van der Waals surface area (Å²) in [5.74, 6) is -1.52. The van der Waals surface area contributed by atoms with Gasteiger partial charge in [0.25, 0.3) is 11.8 Å². The Morgan fingerprint density at radius 1 is 1.35 bits per heavy atom. The minimum Gasteiger partial charge on any atom is -0.543 e. The molecule has 5 heterocycles. The zero-order chi connectivity index (χ0) is 26.3. The van der Waals surface area contributed by atoms with Gasteiger partial charge in [-0.25, -0.2) is 0 Å². The number of carboxylic acid groups (broad SMARTS) is 1. The molecule has 2 aromatic rings. The highest BCUT2D eigenvalue weighted by Gasteiger charge is 2.53. The number of quaternary nitrogens is 1. The van der Waals surface area contributed by atoms with E-state index in [1.807, 2.05) is 5.38 Å². The second kappa shape index (κ2) is 10.2. The van der Waals surface area contributed by atoms with E-state index in [2.05, 4.69) is 26.9 Å². The van der Waals surface area contributed by atoms with E-state index in [0.29, 0.717) is 15.0 Å². The van der Waals surface area contributed by atoms with Crippen LogP contribution in [0, 0.1) is 0 Å². The molecule has 0 aliphatic carbocycles. The molecule has 0 spiro atoms. The summed E-state index contributed by atoms with van der Waals surface area (Å²) < 4.78 is 5.43. The molecule has 0 bridgehead atoms. The van der Waals surface area contributed by atoms with Gasteiger partial charge in [-0.1, -0.05) is 16.9 Å². The summed E-state index contributed by atoms with van der Waals surface area (Å²) in [6, 6.07) is -0.970. The third-order valence-corrected chi connectivity index (χ3v) is 10.3. The van der Waals surface area contributed by atoms with Crippen LogP contribution in [0.1, 0.15) is 18.7 Å². The first-order valence-electron chi connectivity index (χ1n) is 11.1. The highest BCUT2D eigenvalue weighted by molar-refractivity contribution is 8.07. The van der Waals surface area contributed by atoms with Crippen molar-refractivity contribution in [2.24, 2.45) is 5.16 Å². The molecule has 0 radical (unpaired) electrons. The van der Waals surface area contributed by atoms with E-state index in [0.717, 1.165) is 52.7 Å². The lowest BCUT2D eigenvalue weighted by atomic mass is 10.0. The van der Waals surface area contributed by atoms with Crippen LogP contribution in [0.15, 0.2) is 25.5 Å². The predicted molar refractivity (Wildman–Crippen MR) is 140 cm³/mol. The maximum Gasteiger partial charge on any atom is 0.278 e. The molecule has 2 aromatic heterocycles. The Kier molecular flexibility index (Phi) is 7.14. The van der Waals surface area contributed by atoms with Crippen LogP contribution in [0.5, 0.6) is 0 Å². The van der Waals surface area contributed by atoms with Gasteiger partial charge in [0, 0.05) is 35.0 Å². The number of hydrogen-bond acceptors (Lipinski definition) is 14. The third kappa shape index (κ3) is 4.81. The van der Waals surface area contributed by atoms with Crippen molar-refractivity contribution in [3.05, 3.63) is 21.8 Å². The molecule has 2 atom stereocenters. The largest absolute Gasteiger partial charge is 0.543 e.